The van der Waals surface area contributed by atoms with Crippen LogP contribution in [0.4, 0.5) is 0 Å². The molecule has 0 radical (unpaired) electrons. The predicted octanol–water partition coefficient (Wildman–Crippen LogP) is -1.45. The molecule has 1 heterocycles. The van der Waals surface area contributed by atoms with Gasteiger partial charge in [0, 0.05) is 12.6 Å². The summed E-state index contributed by atoms with van der Waals surface area (Å²) in [6.45, 7) is 1.50. The second kappa shape index (κ2) is 3.34. The van der Waals surface area contributed by atoms with Crippen LogP contribution in [-0.4, -0.2) is 36.1 Å². The van der Waals surface area contributed by atoms with Gasteiger partial charge in [-0.2, -0.15) is 0 Å². The molecule has 62 valence electrons. The summed E-state index contributed by atoms with van der Waals surface area (Å²) in [5, 5.41) is 13.6. The van der Waals surface area contributed by atoms with E-state index in [9.17, 15) is 9.59 Å². The van der Waals surface area contributed by atoms with E-state index < -0.39 is 11.9 Å². The van der Waals surface area contributed by atoms with E-state index in [0.29, 0.717) is 6.54 Å². The third-order valence-corrected chi connectivity index (χ3v) is 1.59. The molecule has 0 aliphatic carbocycles. The van der Waals surface area contributed by atoms with Gasteiger partial charge in [-0.15, -0.1) is 0 Å². The molecule has 1 aliphatic heterocycles. The van der Waals surface area contributed by atoms with Gasteiger partial charge in [0.1, 0.15) is 0 Å². The van der Waals surface area contributed by atoms with Crippen molar-refractivity contribution >= 4 is 11.9 Å². The molecule has 1 amide bonds. The van der Waals surface area contributed by atoms with Crippen molar-refractivity contribution in [2.45, 2.75) is 12.5 Å². The number of aliphatic carboxylic acids is 1. The van der Waals surface area contributed by atoms with Crippen molar-refractivity contribution in [2.75, 3.05) is 13.1 Å². The second-order valence-electron chi connectivity index (χ2n) is 2.47. The fourth-order valence-electron chi connectivity index (χ4n) is 1.02. The first-order valence-corrected chi connectivity index (χ1v) is 3.44. The number of carbonyl (C=O) groups excluding carboxylic acids is 1. The first-order valence-electron chi connectivity index (χ1n) is 3.44. The molecule has 0 aromatic heterocycles. The van der Waals surface area contributed by atoms with E-state index in [2.05, 4.69) is 10.6 Å². The summed E-state index contributed by atoms with van der Waals surface area (Å²) >= 11 is 0. The highest BCUT2D eigenvalue weighted by atomic mass is 16.4. The summed E-state index contributed by atoms with van der Waals surface area (Å²) < 4.78 is 0. The third kappa shape index (κ3) is 2.19. The van der Waals surface area contributed by atoms with Gasteiger partial charge in [-0.1, -0.05) is 0 Å². The van der Waals surface area contributed by atoms with Crippen LogP contribution in [0, 0.1) is 0 Å². The number of carboxylic acid groups (broad SMARTS) is 1. The summed E-state index contributed by atoms with van der Waals surface area (Å²) in [6, 6.07) is -0.0152. The average Bonchev–Trinajstić information content (AvgIpc) is 2.39. The maximum atomic E-state index is 10.6. The highest BCUT2D eigenvalue weighted by molar-refractivity contribution is 6.31. The van der Waals surface area contributed by atoms with Crippen LogP contribution < -0.4 is 10.6 Å². The maximum Gasteiger partial charge on any atom is 0.394 e. The van der Waals surface area contributed by atoms with E-state index in [4.69, 9.17) is 5.11 Å². The van der Waals surface area contributed by atoms with Gasteiger partial charge >= 0.3 is 11.9 Å². The van der Waals surface area contributed by atoms with Crippen LogP contribution in [0.1, 0.15) is 6.42 Å². The Morgan fingerprint density at radius 2 is 2.27 bits per heavy atom. The summed E-state index contributed by atoms with van der Waals surface area (Å²) in [5.74, 6) is -2.34. The first-order chi connectivity index (χ1) is 5.20. The van der Waals surface area contributed by atoms with Crippen LogP contribution in [0.2, 0.25) is 0 Å². The first kappa shape index (κ1) is 8.00. The van der Waals surface area contributed by atoms with E-state index >= 15 is 0 Å². The molecule has 5 nitrogen and oxygen atoms in total. The van der Waals surface area contributed by atoms with Crippen molar-refractivity contribution in [1.29, 1.82) is 0 Å². The lowest BCUT2D eigenvalue weighted by molar-refractivity contribution is -0.150. The van der Waals surface area contributed by atoms with Gasteiger partial charge in [-0.3, -0.25) is 4.79 Å². The highest BCUT2D eigenvalue weighted by Gasteiger charge is 2.19. The normalized spacial score (nSPS) is 23.1. The van der Waals surface area contributed by atoms with E-state index in [1.807, 2.05) is 0 Å². The molecular formula is C6H10N2O3. The minimum atomic E-state index is -1.42. The van der Waals surface area contributed by atoms with Gasteiger partial charge in [0.15, 0.2) is 0 Å². The van der Waals surface area contributed by atoms with E-state index in [-0.39, 0.29) is 6.04 Å². The maximum absolute atomic E-state index is 10.6. The monoisotopic (exact) mass is 158 g/mol. The van der Waals surface area contributed by atoms with Crippen LogP contribution in [0.15, 0.2) is 0 Å². The quantitative estimate of drug-likeness (QED) is 0.408. The second-order valence-corrected chi connectivity index (χ2v) is 2.47. The number of carbonyl (C=O) groups is 2. The molecule has 11 heavy (non-hydrogen) atoms. The molecule has 1 fully saturated rings. The van der Waals surface area contributed by atoms with Crippen molar-refractivity contribution in [3.05, 3.63) is 0 Å². The number of hydrogen-bond acceptors (Lipinski definition) is 3. The van der Waals surface area contributed by atoms with Crippen LogP contribution in [0.5, 0.6) is 0 Å². The fraction of sp³-hybridized carbons (Fsp3) is 0.667. The molecule has 0 saturated carbocycles. The summed E-state index contributed by atoms with van der Waals surface area (Å²) in [6.07, 6.45) is 0.805. The molecule has 0 aromatic rings. The molecule has 0 aromatic carbocycles. The Hall–Kier alpha value is -1.10. The number of amides is 1. The van der Waals surface area contributed by atoms with E-state index in [1.54, 1.807) is 0 Å². The summed E-state index contributed by atoms with van der Waals surface area (Å²) in [4.78, 5) is 20.6. The fourth-order valence-corrected chi connectivity index (χ4v) is 1.02. The van der Waals surface area contributed by atoms with Gasteiger partial charge in [-0.25, -0.2) is 4.79 Å². The Kier molecular flexibility index (Phi) is 2.43. The molecule has 0 bridgehead atoms. The Morgan fingerprint density at radius 1 is 1.55 bits per heavy atom. The standard InChI is InChI=1S/C6H10N2O3/c9-5(6(10)11)8-4-1-2-7-3-4/h4,7H,1-3H2,(H,8,9)(H,10,11). The van der Waals surface area contributed by atoms with Gasteiger partial charge in [0.25, 0.3) is 0 Å². The van der Waals surface area contributed by atoms with Crippen molar-refractivity contribution in [3.8, 4) is 0 Å². The van der Waals surface area contributed by atoms with Crippen molar-refractivity contribution in [1.82, 2.24) is 10.6 Å². The molecule has 1 saturated heterocycles. The van der Waals surface area contributed by atoms with Gasteiger partial charge in [0.05, 0.1) is 0 Å². The Balaban J connectivity index is 2.29. The number of nitrogens with one attached hydrogen (secondary N) is 2. The molecule has 1 unspecified atom stereocenters. The van der Waals surface area contributed by atoms with Crippen LogP contribution in [0.25, 0.3) is 0 Å². The van der Waals surface area contributed by atoms with Gasteiger partial charge in [0.2, 0.25) is 0 Å². The molecule has 1 aliphatic rings. The van der Waals surface area contributed by atoms with Crippen LogP contribution >= 0.6 is 0 Å². The smallest absolute Gasteiger partial charge is 0.394 e. The predicted molar refractivity (Wildman–Crippen MR) is 37.1 cm³/mol. The zero-order valence-electron chi connectivity index (χ0n) is 5.96. The van der Waals surface area contributed by atoms with Gasteiger partial charge in [-0.05, 0) is 13.0 Å². The average molecular weight is 158 g/mol. The molecule has 0 spiro atoms. The lowest BCUT2D eigenvalue weighted by Gasteiger charge is -2.07. The minimum Gasteiger partial charge on any atom is -0.474 e. The zero-order chi connectivity index (χ0) is 8.27. The van der Waals surface area contributed by atoms with E-state index in [0.717, 1.165) is 13.0 Å². The zero-order valence-corrected chi connectivity index (χ0v) is 5.96. The van der Waals surface area contributed by atoms with Crippen molar-refractivity contribution in [2.24, 2.45) is 0 Å². The number of hydrogen-bond donors (Lipinski definition) is 3. The number of carboxylic acids is 1. The Bertz CT molecular complexity index is 175. The summed E-state index contributed by atoms with van der Waals surface area (Å²) in [7, 11) is 0. The van der Waals surface area contributed by atoms with Crippen molar-refractivity contribution in [3.63, 3.8) is 0 Å². The topological polar surface area (TPSA) is 78.4 Å². The summed E-state index contributed by atoms with van der Waals surface area (Å²) in [5.41, 5.74) is 0. The molecule has 5 heteroatoms. The van der Waals surface area contributed by atoms with Crippen LogP contribution in [-0.2, 0) is 9.59 Å². The molecular weight excluding hydrogens is 148 g/mol. The third-order valence-electron chi connectivity index (χ3n) is 1.59. The van der Waals surface area contributed by atoms with Crippen molar-refractivity contribution < 1.29 is 14.7 Å². The molecule has 3 N–H and O–H groups in total. The lowest BCUT2D eigenvalue weighted by Crippen LogP contribution is -2.40. The minimum absolute atomic E-state index is 0.0152. The number of rotatable bonds is 1. The molecule has 1 rings (SSSR count). The Morgan fingerprint density at radius 3 is 2.73 bits per heavy atom. The highest BCUT2D eigenvalue weighted by Crippen LogP contribution is 1.95. The SMILES string of the molecule is O=C(O)C(=O)NC1CCNC1. The van der Waals surface area contributed by atoms with E-state index in [1.165, 1.54) is 0 Å². The lowest BCUT2D eigenvalue weighted by atomic mass is 10.2. The Labute approximate surface area is 63.8 Å². The largest absolute Gasteiger partial charge is 0.474 e. The van der Waals surface area contributed by atoms with Gasteiger partial charge < -0.3 is 15.7 Å². The van der Waals surface area contributed by atoms with Crippen LogP contribution in [0.3, 0.4) is 0 Å². The molecule has 1 atom stereocenters.